The monoisotopic (exact) mass is 460 g/mol. The van der Waals surface area contributed by atoms with Crippen molar-refractivity contribution in [1.29, 1.82) is 0 Å². The van der Waals surface area contributed by atoms with E-state index < -0.39 is 17.1 Å². The molecule has 0 aromatic rings. The summed E-state index contributed by atoms with van der Waals surface area (Å²) in [4.78, 5) is 34.8. The molecule has 1 aliphatic heterocycles. The van der Waals surface area contributed by atoms with Crippen molar-refractivity contribution < 1.29 is 33.7 Å². The molecular formula is C26H36O7. The molecule has 0 spiro atoms. The molecule has 7 unspecified atom stereocenters. The summed E-state index contributed by atoms with van der Waals surface area (Å²) in [7, 11) is 0. The van der Waals surface area contributed by atoms with Crippen LogP contribution in [-0.4, -0.2) is 47.9 Å². The maximum Gasteiger partial charge on any atom is 0.331 e. The van der Waals surface area contributed by atoms with Crippen molar-refractivity contribution in [3.05, 3.63) is 11.6 Å². The van der Waals surface area contributed by atoms with Gasteiger partial charge in [0.05, 0.1) is 5.60 Å². The number of hydrogen-bond acceptors (Lipinski definition) is 7. The predicted molar refractivity (Wildman–Crippen MR) is 118 cm³/mol. The van der Waals surface area contributed by atoms with Crippen LogP contribution in [0.4, 0.5) is 0 Å². The molecule has 0 aromatic carbocycles. The molecule has 0 bridgehead atoms. The molecule has 4 fully saturated rings. The minimum absolute atomic E-state index is 0.00474. The van der Waals surface area contributed by atoms with Crippen LogP contribution in [0.5, 0.6) is 0 Å². The van der Waals surface area contributed by atoms with Gasteiger partial charge in [0.25, 0.3) is 6.47 Å². The molecule has 33 heavy (non-hydrogen) atoms. The second-order valence-electron chi connectivity index (χ2n) is 11.7. The second-order valence-corrected chi connectivity index (χ2v) is 11.7. The van der Waals surface area contributed by atoms with Crippen molar-refractivity contribution in [3.8, 4) is 0 Å². The van der Waals surface area contributed by atoms with E-state index in [2.05, 4.69) is 13.8 Å². The van der Waals surface area contributed by atoms with Gasteiger partial charge in [-0.15, -0.1) is 0 Å². The van der Waals surface area contributed by atoms with Gasteiger partial charge in [0.15, 0.2) is 0 Å². The lowest BCUT2D eigenvalue weighted by Crippen LogP contribution is -2.62. The number of aliphatic hydroxyl groups is 1. The summed E-state index contributed by atoms with van der Waals surface area (Å²) in [5, 5.41) is 12.5. The predicted octanol–water partition coefficient (Wildman–Crippen LogP) is 3.33. The molecule has 7 heteroatoms. The Labute approximate surface area is 195 Å². The number of fused-ring (bicyclic) bond motifs is 5. The molecule has 5 aliphatic rings. The van der Waals surface area contributed by atoms with Gasteiger partial charge in [-0.05, 0) is 73.7 Å². The summed E-state index contributed by atoms with van der Waals surface area (Å²) in [6, 6.07) is 0. The molecule has 1 N–H and O–H groups in total. The molecule has 1 heterocycles. The van der Waals surface area contributed by atoms with E-state index in [-0.39, 0.29) is 41.9 Å². The van der Waals surface area contributed by atoms with E-state index >= 15 is 0 Å². The lowest BCUT2D eigenvalue weighted by molar-refractivity contribution is -0.209. The number of carbonyl (C=O) groups excluding carboxylic acids is 3. The van der Waals surface area contributed by atoms with Crippen LogP contribution >= 0.6 is 0 Å². The van der Waals surface area contributed by atoms with Gasteiger partial charge in [0.1, 0.15) is 18.8 Å². The Morgan fingerprint density at radius 2 is 1.97 bits per heavy atom. The first-order valence-electron chi connectivity index (χ1n) is 12.5. The van der Waals surface area contributed by atoms with E-state index in [1.165, 1.54) is 13.0 Å². The van der Waals surface area contributed by atoms with Crippen molar-refractivity contribution in [2.45, 2.75) is 89.9 Å². The Kier molecular flexibility index (Phi) is 5.42. The number of cyclic esters (lactones) is 1. The van der Waals surface area contributed by atoms with E-state index in [4.69, 9.17) is 14.2 Å². The first-order chi connectivity index (χ1) is 15.6. The summed E-state index contributed by atoms with van der Waals surface area (Å²) in [6.07, 6.45) is 7.99. The third kappa shape index (κ3) is 3.28. The van der Waals surface area contributed by atoms with Crippen molar-refractivity contribution in [2.75, 3.05) is 6.61 Å². The molecule has 7 nitrogen and oxygen atoms in total. The first kappa shape index (κ1) is 22.9. The number of ether oxygens (including phenoxy) is 3. The van der Waals surface area contributed by atoms with Gasteiger partial charge >= 0.3 is 11.9 Å². The highest BCUT2D eigenvalue weighted by Gasteiger charge is 2.71. The minimum atomic E-state index is -0.975. The lowest BCUT2D eigenvalue weighted by atomic mass is 9.43. The quantitative estimate of drug-likeness (QED) is 0.390. The topological polar surface area (TPSA) is 99.1 Å². The van der Waals surface area contributed by atoms with Crippen LogP contribution < -0.4 is 0 Å². The molecule has 9 atom stereocenters. The average molecular weight is 461 g/mol. The zero-order chi connectivity index (χ0) is 23.6. The largest absolute Gasteiger partial charge is 0.465 e. The fourth-order valence-corrected chi connectivity index (χ4v) is 8.94. The van der Waals surface area contributed by atoms with Gasteiger partial charge in [-0.1, -0.05) is 13.8 Å². The summed E-state index contributed by atoms with van der Waals surface area (Å²) >= 11 is 0. The van der Waals surface area contributed by atoms with Crippen LogP contribution in [0.2, 0.25) is 0 Å². The third-order valence-electron chi connectivity index (χ3n) is 10.4. The van der Waals surface area contributed by atoms with Crippen LogP contribution in [0.15, 0.2) is 11.6 Å². The van der Waals surface area contributed by atoms with Crippen LogP contribution in [0.1, 0.15) is 72.1 Å². The molecule has 4 saturated carbocycles. The fourth-order valence-electron chi connectivity index (χ4n) is 8.94. The van der Waals surface area contributed by atoms with E-state index in [1.54, 1.807) is 0 Å². The van der Waals surface area contributed by atoms with Gasteiger partial charge < -0.3 is 19.3 Å². The molecule has 0 aromatic heterocycles. The molecule has 0 radical (unpaired) electrons. The zero-order valence-corrected chi connectivity index (χ0v) is 19.9. The molecule has 4 aliphatic carbocycles. The maximum atomic E-state index is 12.5. The molecule has 0 saturated heterocycles. The number of esters is 2. The van der Waals surface area contributed by atoms with Crippen LogP contribution in [0.25, 0.3) is 0 Å². The van der Waals surface area contributed by atoms with Crippen molar-refractivity contribution in [1.82, 2.24) is 0 Å². The number of carbonyl (C=O) groups is 3. The van der Waals surface area contributed by atoms with Crippen LogP contribution in [0.3, 0.4) is 0 Å². The Morgan fingerprint density at radius 3 is 2.64 bits per heavy atom. The van der Waals surface area contributed by atoms with Gasteiger partial charge in [-0.25, -0.2) is 4.79 Å². The molecule has 5 rings (SSSR count). The third-order valence-corrected chi connectivity index (χ3v) is 10.4. The Balaban J connectivity index is 1.48. The van der Waals surface area contributed by atoms with Crippen LogP contribution in [-0.2, 0) is 28.6 Å². The lowest BCUT2D eigenvalue weighted by Gasteiger charge is -2.63. The maximum absolute atomic E-state index is 12.5. The summed E-state index contributed by atoms with van der Waals surface area (Å²) in [5.74, 6) is 0.0296. The normalized spacial score (nSPS) is 48.6. The van der Waals surface area contributed by atoms with Gasteiger partial charge in [0.2, 0.25) is 0 Å². The number of hydrogen-bond donors (Lipinski definition) is 1. The van der Waals surface area contributed by atoms with Gasteiger partial charge in [0, 0.05) is 30.8 Å². The van der Waals surface area contributed by atoms with E-state index in [1.807, 2.05) is 0 Å². The van der Waals surface area contributed by atoms with E-state index in [9.17, 15) is 19.5 Å². The minimum Gasteiger partial charge on any atom is -0.465 e. The Hall–Kier alpha value is -1.89. The van der Waals surface area contributed by atoms with Crippen molar-refractivity contribution >= 4 is 18.4 Å². The van der Waals surface area contributed by atoms with Crippen molar-refractivity contribution in [3.63, 3.8) is 0 Å². The highest BCUT2D eigenvalue weighted by Crippen LogP contribution is 2.70. The van der Waals surface area contributed by atoms with E-state index in [0.29, 0.717) is 24.7 Å². The van der Waals surface area contributed by atoms with Crippen LogP contribution in [0, 0.1) is 34.5 Å². The van der Waals surface area contributed by atoms with Gasteiger partial charge in [-0.2, -0.15) is 0 Å². The second kappa shape index (κ2) is 7.82. The average Bonchev–Trinajstić information content (AvgIpc) is 3.25. The van der Waals surface area contributed by atoms with Crippen molar-refractivity contribution in [2.24, 2.45) is 34.5 Å². The molecule has 0 amide bonds. The smallest absolute Gasteiger partial charge is 0.331 e. The molecule has 182 valence electrons. The summed E-state index contributed by atoms with van der Waals surface area (Å²) < 4.78 is 16.3. The molecular weight excluding hydrogens is 424 g/mol. The number of rotatable bonds is 4. The SMILES string of the molecule is CC(=O)OC1CC2(O)[C@@H]3CCC4CC(OC=O)CCC4(C)C3CC[C@]2(C)C1C1=CC(=O)OC1. The highest BCUT2D eigenvalue weighted by molar-refractivity contribution is 5.85. The Bertz CT molecular complexity index is 882. The van der Waals surface area contributed by atoms with Gasteiger partial charge in [-0.3, -0.25) is 9.59 Å². The summed E-state index contributed by atoms with van der Waals surface area (Å²) in [5.41, 5.74) is -0.523. The Morgan fingerprint density at radius 1 is 1.18 bits per heavy atom. The standard InChI is InChI=1S/C26H36O7/c1-15(28)33-21-12-26(30)20-5-4-17-11-18(32-14-27)6-8-24(17,2)19(20)7-9-25(26,3)23(21)16-10-22(29)31-13-16/h10,14,17-21,23,30H,4-9,11-13H2,1-3H3/t17?,18?,19?,20-,21?,23?,24?,25-,26?/m1/s1. The summed E-state index contributed by atoms with van der Waals surface area (Å²) in [6.45, 7) is 6.70. The van der Waals surface area contributed by atoms with E-state index in [0.717, 1.165) is 50.5 Å². The zero-order valence-electron chi connectivity index (χ0n) is 19.9. The fraction of sp³-hybridized carbons (Fsp3) is 0.808. The first-order valence-corrected chi connectivity index (χ1v) is 12.5. The highest BCUT2D eigenvalue weighted by atomic mass is 16.5.